The van der Waals surface area contributed by atoms with Gasteiger partial charge in [-0.3, -0.25) is 0 Å². The Bertz CT molecular complexity index is 531. The predicted molar refractivity (Wildman–Crippen MR) is 82.3 cm³/mol. The van der Waals surface area contributed by atoms with Crippen molar-refractivity contribution in [2.45, 2.75) is 44.4 Å². The van der Waals surface area contributed by atoms with E-state index < -0.39 is 0 Å². The topological polar surface area (TPSA) is 0 Å². The normalized spacial score (nSPS) is 16.9. The largest absolute Gasteiger partial charge is 0.207 e. The van der Waals surface area contributed by atoms with Gasteiger partial charge in [-0.25, -0.2) is 4.39 Å². The zero-order valence-corrected chi connectivity index (χ0v) is 11.8. The first-order chi connectivity index (χ1) is 9.83. The molecule has 0 bridgehead atoms. The summed E-state index contributed by atoms with van der Waals surface area (Å²) >= 11 is 0. The van der Waals surface area contributed by atoms with Crippen LogP contribution in [0.15, 0.2) is 48.5 Å². The zero-order valence-electron chi connectivity index (χ0n) is 11.8. The third kappa shape index (κ3) is 3.09. The molecule has 1 saturated carbocycles. The first-order valence-electron chi connectivity index (χ1n) is 7.69. The summed E-state index contributed by atoms with van der Waals surface area (Å²) in [6.45, 7) is 0. The summed E-state index contributed by atoms with van der Waals surface area (Å²) in [5.41, 5.74) is 3.72. The molecular weight excluding hydrogens is 247 g/mol. The van der Waals surface area contributed by atoms with E-state index in [1.807, 2.05) is 12.1 Å². The van der Waals surface area contributed by atoms with E-state index in [0.29, 0.717) is 0 Å². The molecule has 2 aromatic carbocycles. The van der Waals surface area contributed by atoms with E-state index in [2.05, 4.69) is 24.3 Å². The van der Waals surface area contributed by atoms with Crippen LogP contribution in [0.2, 0.25) is 0 Å². The highest BCUT2D eigenvalue weighted by molar-refractivity contribution is 5.63. The molecule has 0 atom stereocenters. The van der Waals surface area contributed by atoms with Gasteiger partial charge in [-0.2, -0.15) is 0 Å². The Morgan fingerprint density at radius 2 is 1.15 bits per heavy atom. The second-order valence-corrected chi connectivity index (χ2v) is 5.82. The Hall–Kier alpha value is -1.63. The van der Waals surface area contributed by atoms with Crippen molar-refractivity contribution in [3.63, 3.8) is 0 Å². The van der Waals surface area contributed by atoms with Gasteiger partial charge in [0.15, 0.2) is 0 Å². The second-order valence-electron chi connectivity index (χ2n) is 5.82. The smallest absolute Gasteiger partial charge is 0.123 e. The third-order valence-electron chi connectivity index (χ3n) is 4.41. The van der Waals surface area contributed by atoms with E-state index >= 15 is 0 Å². The highest BCUT2D eigenvalue weighted by atomic mass is 19.1. The standard InChI is InChI=1S/C19H21F/c20-19-13-11-18(12-14-19)17-9-7-16(8-10-17)15-5-3-1-2-4-6-15/h7-15H,1-6H2. The monoisotopic (exact) mass is 268 g/mol. The lowest BCUT2D eigenvalue weighted by Crippen LogP contribution is -1.96. The average molecular weight is 268 g/mol. The van der Waals surface area contributed by atoms with Crippen LogP contribution in [0.5, 0.6) is 0 Å². The summed E-state index contributed by atoms with van der Waals surface area (Å²) in [5.74, 6) is 0.559. The summed E-state index contributed by atoms with van der Waals surface area (Å²) in [7, 11) is 0. The van der Waals surface area contributed by atoms with Gasteiger partial charge in [0.1, 0.15) is 5.82 Å². The minimum atomic E-state index is -0.177. The van der Waals surface area contributed by atoms with Crippen LogP contribution in [0, 0.1) is 5.82 Å². The molecule has 0 spiro atoms. The van der Waals surface area contributed by atoms with Crippen LogP contribution in [-0.4, -0.2) is 0 Å². The van der Waals surface area contributed by atoms with Gasteiger partial charge in [0.25, 0.3) is 0 Å². The van der Waals surface area contributed by atoms with E-state index in [-0.39, 0.29) is 5.82 Å². The summed E-state index contributed by atoms with van der Waals surface area (Å²) in [5, 5.41) is 0. The molecule has 0 aliphatic heterocycles. The molecule has 0 aromatic heterocycles. The quantitative estimate of drug-likeness (QED) is 0.592. The number of hydrogen-bond acceptors (Lipinski definition) is 0. The third-order valence-corrected chi connectivity index (χ3v) is 4.41. The molecular formula is C19H21F. The van der Waals surface area contributed by atoms with Crippen molar-refractivity contribution >= 4 is 0 Å². The van der Waals surface area contributed by atoms with Gasteiger partial charge in [-0.1, -0.05) is 62.1 Å². The van der Waals surface area contributed by atoms with Crippen molar-refractivity contribution in [2.75, 3.05) is 0 Å². The van der Waals surface area contributed by atoms with Crippen molar-refractivity contribution < 1.29 is 4.39 Å². The van der Waals surface area contributed by atoms with Crippen LogP contribution < -0.4 is 0 Å². The maximum atomic E-state index is 12.9. The van der Waals surface area contributed by atoms with Crippen molar-refractivity contribution in [1.82, 2.24) is 0 Å². The van der Waals surface area contributed by atoms with Crippen LogP contribution in [0.1, 0.15) is 50.0 Å². The Kier molecular flexibility index (Phi) is 4.15. The molecule has 0 saturated heterocycles. The molecule has 1 aliphatic rings. The van der Waals surface area contributed by atoms with Crippen molar-refractivity contribution in [3.8, 4) is 11.1 Å². The molecule has 0 radical (unpaired) electrons. The number of halogens is 1. The summed E-state index contributed by atoms with van der Waals surface area (Å²) in [4.78, 5) is 0. The fraction of sp³-hybridized carbons (Fsp3) is 0.368. The average Bonchev–Trinajstić information content (AvgIpc) is 2.77. The highest BCUT2D eigenvalue weighted by Gasteiger charge is 2.14. The Morgan fingerprint density at radius 1 is 0.650 bits per heavy atom. The fourth-order valence-electron chi connectivity index (χ4n) is 3.20. The Balaban J connectivity index is 1.78. The maximum Gasteiger partial charge on any atom is 0.123 e. The van der Waals surface area contributed by atoms with E-state index in [0.717, 1.165) is 11.5 Å². The molecule has 20 heavy (non-hydrogen) atoms. The van der Waals surface area contributed by atoms with Crippen molar-refractivity contribution in [2.24, 2.45) is 0 Å². The number of rotatable bonds is 2. The molecule has 0 nitrogen and oxygen atoms in total. The van der Waals surface area contributed by atoms with Crippen LogP contribution in [0.25, 0.3) is 11.1 Å². The van der Waals surface area contributed by atoms with Gasteiger partial charge in [0.05, 0.1) is 0 Å². The molecule has 2 aromatic rings. The first-order valence-corrected chi connectivity index (χ1v) is 7.69. The van der Waals surface area contributed by atoms with Crippen LogP contribution in [-0.2, 0) is 0 Å². The molecule has 1 aliphatic carbocycles. The van der Waals surface area contributed by atoms with E-state index in [9.17, 15) is 4.39 Å². The van der Waals surface area contributed by atoms with Crippen LogP contribution in [0.3, 0.4) is 0 Å². The lowest BCUT2D eigenvalue weighted by molar-refractivity contribution is 0.592. The molecule has 3 rings (SSSR count). The molecule has 0 amide bonds. The van der Waals surface area contributed by atoms with Gasteiger partial charge in [-0.15, -0.1) is 0 Å². The van der Waals surface area contributed by atoms with Crippen molar-refractivity contribution in [1.29, 1.82) is 0 Å². The van der Waals surface area contributed by atoms with Gasteiger partial charge >= 0.3 is 0 Å². The Labute approximate surface area is 120 Å². The molecule has 0 heterocycles. The lowest BCUT2D eigenvalue weighted by Gasteiger charge is -2.15. The highest BCUT2D eigenvalue weighted by Crippen LogP contribution is 2.32. The van der Waals surface area contributed by atoms with Crippen molar-refractivity contribution in [3.05, 3.63) is 59.9 Å². The Morgan fingerprint density at radius 3 is 1.70 bits per heavy atom. The lowest BCUT2D eigenvalue weighted by atomic mass is 9.90. The summed E-state index contributed by atoms with van der Waals surface area (Å²) in [6, 6.07) is 15.6. The minimum Gasteiger partial charge on any atom is -0.207 e. The predicted octanol–water partition coefficient (Wildman–Crippen LogP) is 5.93. The van der Waals surface area contributed by atoms with E-state index in [1.165, 1.54) is 61.8 Å². The molecule has 104 valence electrons. The molecule has 1 fully saturated rings. The molecule has 0 N–H and O–H groups in total. The van der Waals surface area contributed by atoms with E-state index in [4.69, 9.17) is 0 Å². The van der Waals surface area contributed by atoms with Crippen LogP contribution in [0.4, 0.5) is 4.39 Å². The summed E-state index contributed by atoms with van der Waals surface area (Å²) < 4.78 is 12.9. The second kappa shape index (κ2) is 6.21. The number of benzene rings is 2. The number of hydrogen-bond donors (Lipinski definition) is 0. The SMILES string of the molecule is Fc1ccc(-c2ccc(C3CCCCCC3)cc2)cc1. The first kappa shape index (κ1) is 13.4. The fourth-order valence-corrected chi connectivity index (χ4v) is 3.20. The van der Waals surface area contributed by atoms with Crippen LogP contribution >= 0.6 is 0 Å². The zero-order chi connectivity index (χ0) is 13.8. The summed E-state index contributed by atoms with van der Waals surface area (Å²) in [6.07, 6.45) is 8.18. The van der Waals surface area contributed by atoms with E-state index in [1.54, 1.807) is 0 Å². The molecule has 1 heteroatoms. The van der Waals surface area contributed by atoms with Gasteiger partial charge in [-0.05, 0) is 47.6 Å². The van der Waals surface area contributed by atoms with Gasteiger partial charge in [0, 0.05) is 0 Å². The minimum absolute atomic E-state index is 0.177. The van der Waals surface area contributed by atoms with Gasteiger partial charge < -0.3 is 0 Å². The van der Waals surface area contributed by atoms with Gasteiger partial charge in [0.2, 0.25) is 0 Å². The molecule has 0 unspecified atom stereocenters. The maximum absolute atomic E-state index is 12.9.